The zero-order chi connectivity index (χ0) is 23.0. The highest BCUT2D eigenvalue weighted by atomic mass is 79.9. The summed E-state index contributed by atoms with van der Waals surface area (Å²) >= 11 is 9.52. The number of methoxy groups -OCH3 is 1. The Morgan fingerprint density at radius 1 is 1.19 bits per heavy atom. The van der Waals surface area contributed by atoms with Crippen LogP contribution in [-0.4, -0.2) is 42.5 Å². The van der Waals surface area contributed by atoms with E-state index in [-0.39, 0.29) is 31.0 Å². The van der Waals surface area contributed by atoms with Gasteiger partial charge in [-0.2, -0.15) is 0 Å². The lowest BCUT2D eigenvalue weighted by atomic mass is 10.1. The number of amides is 2. The number of halogens is 2. The maximum atomic E-state index is 13.1. The monoisotopic (exact) mass is 510 g/mol. The predicted octanol–water partition coefficient (Wildman–Crippen LogP) is 4.82. The second-order valence-electron chi connectivity index (χ2n) is 7.23. The molecule has 2 aromatic rings. The molecule has 0 aliphatic carbocycles. The molecule has 0 heterocycles. The molecule has 2 rings (SSSR count). The van der Waals surface area contributed by atoms with Crippen molar-refractivity contribution in [2.45, 2.75) is 45.8 Å². The molecule has 6 nitrogen and oxygen atoms in total. The first-order valence-corrected chi connectivity index (χ1v) is 11.2. The molecule has 2 aromatic carbocycles. The highest BCUT2D eigenvalue weighted by Gasteiger charge is 2.27. The molecule has 2 amide bonds. The van der Waals surface area contributed by atoms with E-state index < -0.39 is 6.04 Å². The molecule has 0 unspecified atom stereocenters. The molecule has 2 atom stereocenters. The predicted molar refractivity (Wildman–Crippen MR) is 126 cm³/mol. The Bertz CT molecular complexity index is 909. The Labute approximate surface area is 197 Å². The first-order valence-electron chi connectivity index (χ1n) is 10.1. The van der Waals surface area contributed by atoms with Crippen LogP contribution >= 0.6 is 27.5 Å². The topological polar surface area (TPSA) is 67.9 Å². The third kappa shape index (κ3) is 7.43. The molecule has 0 aromatic heterocycles. The highest BCUT2D eigenvalue weighted by Crippen LogP contribution is 2.28. The lowest BCUT2D eigenvalue weighted by Gasteiger charge is -2.29. The number of rotatable bonds is 10. The molecule has 0 spiro atoms. The molecule has 0 saturated carbocycles. The molecular weight excluding hydrogens is 484 g/mol. The van der Waals surface area contributed by atoms with Gasteiger partial charge in [-0.15, -0.1) is 0 Å². The van der Waals surface area contributed by atoms with E-state index in [1.54, 1.807) is 32.2 Å². The van der Waals surface area contributed by atoms with E-state index in [0.717, 1.165) is 16.5 Å². The average molecular weight is 512 g/mol. The number of hydrogen-bond donors (Lipinski definition) is 1. The van der Waals surface area contributed by atoms with Crippen LogP contribution in [0.3, 0.4) is 0 Å². The SMILES string of the molecule is CC[C@H](C)NC(=O)[C@H](C)N(Cc1cccc(OC)c1)C(=O)COc1ccc(Br)cc1Cl. The van der Waals surface area contributed by atoms with Gasteiger partial charge in [0.15, 0.2) is 6.61 Å². The van der Waals surface area contributed by atoms with Crippen molar-refractivity contribution in [2.75, 3.05) is 13.7 Å². The Balaban J connectivity index is 2.20. The summed E-state index contributed by atoms with van der Waals surface area (Å²) in [4.78, 5) is 27.3. The minimum atomic E-state index is -0.684. The number of nitrogens with one attached hydrogen (secondary N) is 1. The summed E-state index contributed by atoms with van der Waals surface area (Å²) in [6.07, 6.45) is 0.799. The number of nitrogens with zero attached hydrogens (tertiary/aromatic N) is 1. The highest BCUT2D eigenvalue weighted by molar-refractivity contribution is 9.10. The maximum absolute atomic E-state index is 13.1. The van der Waals surface area contributed by atoms with Gasteiger partial charge >= 0.3 is 0 Å². The molecule has 31 heavy (non-hydrogen) atoms. The molecule has 0 saturated heterocycles. The van der Waals surface area contributed by atoms with Crippen LogP contribution < -0.4 is 14.8 Å². The van der Waals surface area contributed by atoms with Crippen molar-refractivity contribution >= 4 is 39.3 Å². The van der Waals surface area contributed by atoms with Crippen molar-refractivity contribution in [2.24, 2.45) is 0 Å². The van der Waals surface area contributed by atoms with Crippen molar-refractivity contribution in [1.82, 2.24) is 10.2 Å². The molecule has 0 aliphatic rings. The van der Waals surface area contributed by atoms with Gasteiger partial charge in [-0.1, -0.05) is 46.6 Å². The Kier molecular flexibility index (Phi) is 9.65. The van der Waals surface area contributed by atoms with Gasteiger partial charge in [-0.05, 0) is 56.2 Å². The smallest absolute Gasteiger partial charge is 0.261 e. The van der Waals surface area contributed by atoms with Crippen LogP contribution in [0.15, 0.2) is 46.9 Å². The number of carbonyl (C=O) groups excluding carboxylic acids is 2. The van der Waals surface area contributed by atoms with Crippen LogP contribution in [0.2, 0.25) is 5.02 Å². The van der Waals surface area contributed by atoms with Crippen molar-refractivity contribution < 1.29 is 19.1 Å². The summed E-state index contributed by atoms with van der Waals surface area (Å²) in [5.74, 6) is 0.539. The van der Waals surface area contributed by atoms with E-state index in [1.807, 2.05) is 38.1 Å². The summed E-state index contributed by atoms with van der Waals surface area (Å²) in [5.41, 5.74) is 0.845. The van der Waals surface area contributed by atoms with Crippen molar-refractivity contribution in [3.05, 3.63) is 57.5 Å². The van der Waals surface area contributed by atoms with E-state index >= 15 is 0 Å². The van der Waals surface area contributed by atoms with Gasteiger partial charge < -0.3 is 19.7 Å². The number of carbonyl (C=O) groups is 2. The lowest BCUT2D eigenvalue weighted by Crippen LogP contribution is -2.50. The fourth-order valence-electron chi connectivity index (χ4n) is 2.83. The second kappa shape index (κ2) is 12.0. The first-order chi connectivity index (χ1) is 14.7. The Morgan fingerprint density at radius 3 is 2.58 bits per heavy atom. The van der Waals surface area contributed by atoms with Crippen LogP contribution in [0, 0.1) is 0 Å². The molecule has 8 heteroatoms. The van der Waals surface area contributed by atoms with Gasteiger partial charge in [0.05, 0.1) is 12.1 Å². The number of ether oxygens (including phenoxy) is 2. The minimum Gasteiger partial charge on any atom is -0.497 e. The summed E-state index contributed by atoms with van der Waals surface area (Å²) < 4.78 is 11.7. The first kappa shape index (κ1) is 25.0. The molecule has 0 bridgehead atoms. The van der Waals surface area contributed by atoms with Gasteiger partial charge in [0.2, 0.25) is 5.91 Å². The average Bonchev–Trinajstić information content (AvgIpc) is 2.76. The Morgan fingerprint density at radius 2 is 1.94 bits per heavy atom. The second-order valence-corrected chi connectivity index (χ2v) is 8.55. The summed E-state index contributed by atoms with van der Waals surface area (Å²) in [6, 6.07) is 11.9. The fraction of sp³-hybridized carbons (Fsp3) is 0.391. The van der Waals surface area contributed by atoms with E-state index in [4.69, 9.17) is 21.1 Å². The van der Waals surface area contributed by atoms with Crippen molar-refractivity contribution in [3.63, 3.8) is 0 Å². The van der Waals surface area contributed by atoms with E-state index in [0.29, 0.717) is 16.5 Å². The van der Waals surface area contributed by atoms with E-state index in [9.17, 15) is 9.59 Å². The largest absolute Gasteiger partial charge is 0.497 e. The van der Waals surface area contributed by atoms with Crippen LogP contribution in [0.1, 0.15) is 32.8 Å². The van der Waals surface area contributed by atoms with Gasteiger partial charge in [-0.25, -0.2) is 0 Å². The van der Waals surface area contributed by atoms with E-state index in [1.165, 1.54) is 4.90 Å². The minimum absolute atomic E-state index is 0.0153. The third-order valence-corrected chi connectivity index (χ3v) is 5.69. The summed E-state index contributed by atoms with van der Waals surface area (Å²) in [5, 5.41) is 3.33. The summed E-state index contributed by atoms with van der Waals surface area (Å²) in [6.45, 7) is 5.62. The van der Waals surface area contributed by atoms with Gasteiger partial charge in [0, 0.05) is 17.1 Å². The molecule has 0 aliphatic heterocycles. The quantitative estimate of drug-likeness (QED) is 0.496. The van der Waals surface area contributed by atoms with E-state index in [2.05, 4.69) is 21.2 Å². The molecule has 0 radical (unpaired) electrons. The molecular formula is C23H28BrClN2O4. The zero-order valence-electron chi connectivity index (χ0n) is 18.2. The molecule has 1 N–H and O–H groups in total. The van der Waals surface area contributed by atoms with Gasteiger partial charge in [0.1, 0.15) is 17.5 Å². The van der Waals surface area contributed by atoms with Gasteiger partial charge in [0.25, 0.3) is 5.91 Å². The van der Waals surface area contributed by atoms with Crippen LogP contribution in [0.25, 0.3) is 0 Å². The van der Waals surface area contributed by atoms with Crippen LogP contribution in [-0.2, 0) is 16.1 Å². The lowest BCUT2D eigenvalue weighted by molar-refractivity contribution is -0.142. The van der Waals surface area contributed by atoms with Crippen LogP contribution in [0.4, 0.5) is 0 Å². The third-order valence-electron chi connectivity index (χ3n) is 4.90. The normalized spacial score (nSPS) is 12.6. The van der Waals surface area contributed by atoms with Crippen molar-refractivity contribution in [1.29, 1.82) is 0 Å². The summed E-state index contributed by atoms with van der Waals surface area (Å²) in [7, 11) is 1.58. The van der Waals surface area contributed by atoms with Crippen LogP contribution in [0.5, 0.6) is 11.5 Å². The Hall–Kier alpha value is -2.25. The molecule has 168 valence electrons. The fourth-order valence-corrected chi connectivity index (χ4v) is 3.56. The molecule has 0 fully saturated rings. The standard InChI is InChI=1S/C23H28BrClN2O4/c1-5-15(2)26-23(29)16(3)27(13-17-7-6-8-19(11-17)30-4)22(28)14-31-21-10-9-18(24)12-20(21)25/h6-12,15-16H,5,13-14H2,1-4H3,(H,26,29)/t15-,16-/m0/s1. The number of benzene rings is 2. The maximum Gasteiger partial charge on any atom is 0.261 e. The number of hydrogen-bond acceptors (Lipinski definition) is 4. The zero-order valence-corrected chi connectivity index (χ0v) is 20.5. The van der Waals surface area contributed by atoms with Crippen molar-refractivity contribution in [3.8, 4) is 11.5 Å². The van der Waals surface area contributed by atoms with Gasteiger partial charge in [-0.3, -0.25) is 9.59 Å².